The van der Waals surface area contributed by atoms with E-state index in [9.17, 15) is 0 Å². The highest BCUT2D eigenvalue weighted by atomic mass is 16.5. The monoisotopic (exact) mass is 206 g/mol. The van der Waals surface area contributed by atoms with Crippen LogP contribution in [0.4, 0.5) is 11.4 Å². The van der Waals surface area contributed by atoms with Crippen LogP contribution in [0.3, 0.4) is 0 Å². The topological polar surface area (TPSA) is 47.3 Å². The highest BCUT2D eigenvalue weighted by Gasteiger charge is 2.17. The Morgan fingerprint density at radius 2 is 2.27 bits per heavy atom. The summed E-state index contributed by atoms with van der Waals surface area (Å²) in [4.78, 5) is 0. The van der Waals surface area contributed by atoms with Gasteiger partial charge in [-0.05, 0) is 38.3 Å². The van der Waals surface area contributed by atoms with Crippen molar-refractivity contribution in [2.75, 3.05) is 17.7 Å². The molecule has 82 valence electrons. The van der Waals surface area contributed by atoms with E-state index < -0.39 is 0 Å². The zero-order chi connectivity index (χ0) is 10.7. The molecule has 0 spiro atoms. The lowest BCUT2D eigenvalue weighted by Crippen LogP contribution is -2.26. The van der Waals surface area contributed by atoms with Crippen LogP contribution in [-0.2, 0) is 0 Å². The normalized spacial score (nSPS) is 15.8. The first-order valence-corrected chi connectivity index (χ1v) is 5.58. The van der Waals surface area contributed by atoms with Gasteiger partial charge in [-0.15, -0.1) is 0 Å². The van der Waals surface area contributed by atoms with Crippen LogP contribution in [0, 0.1) is 0 Å². The van der Waals surface area contributed by atoms with Gasteiger partial charge in [-0.2, -0.15) is 0 Å². The molecule has 1 aliphatic carbocycles. The van der Waals surface area contributed by atoms with E-state index in [0.717, 1.165) is 11.4 Å². The third-order valence-electron chi connectivity index (χ3n) is 2.79. The lowest BCUT2D eigenvalue weighted by Gasteiger charge is -2.27. The van der Waals surface area contributed by atoms with E-state index in [4.69, 9.17) is 10.5 Å². The summed E-state index contributed by atoms with van der Waals surface area (Å²) in [7, 11) is 0. The molecule has 0 unspecified atom stereocenters. The third kappa shape index (κ3) is 2.35. The Morgan fingerprint density at radius 3 is 2.87 bits per heavy atom. The number of hydrogen-bond acceptors (Lipinski definition) is 3. The van der Waals surface area contributed by atoms with Gasteiger partial charge in [0.2, 0.25) is 0 Å². The largest absolute Gasteiger partial charge is 0.492 e. The predicted octanol–water partition coefficient (Wildman–Crippen LogP) is 2.63. The van der Waals surface area contributed by atoms with E-state index in [1.54, 1.807) is 0 Å². The van der Waals surface area contributed by atoms with E-state index in [1.165, 1.54) is 19.3 Å². The van der Waals surface area contributed by atoms with Crippen molar-refractivity contribution in [2.45, 2.75) is 32.2 Å². The predicted molar refractivity (Wildman–Crippen MR) is 63.3 cm³/mol. The SMILES string of the molecule is CCOc1cc(NC2CCC2)ccc1N. The van der Waals surface area contributed by atoms with Crippen LogP contribution in [0.15, 0.2) is 18.2 Å². The summed E-state index contributed by atoms with van der Waals surface area (Å²) >= 11 is 0. The van der Waals surface area contributed by atoms with Gasteiger partial charge in [-0.1, -0.05) is 0 Å². The van der Waals surface area contributed by atoms with Crippen LogP contribution in [0.1, 0.15) is 26.2 Å². The van der Waals surface area contributed by atoms with Crippen molar-refractivity contribution in [3.8, 4) is 5.75 Å². The summed E-state index contributed by atoms with van der Waals surface area (Å²) in [6.45, 7) is 2.61. The number of hydrogen-bond donors (Lipinski definition) is 2. The fourth-order valence-electron chi connectivity index (χ4n) is 1.69. The molecule has 0 radical (unpaired) electrons. The van der Waals surface area contributed by atoms with Crippen molar-refractivity contribution in [1.29, 1.82) is 0 Å². The third-order valence-corrected chi connectivity index (χ3v) is 2.79. The quantitative estimate of drug-likeness (QED) is 0.744. The van der Waals surface area contributed by atoms with Crippen LogP contribution in [0.25, 0.3) is 0 Å². The van der Waals surface area contributed by atoms with Crippen LogP contribution in [0.5, 0.6) is 5.75 Å². The second-order valence-corrected chi connectivity index (χ2v) is 3.96. The van der Waals surface area contributed by atoms with E-state index >= 15 is 0 Å². The van der Waals surface area contributed by atoms with E-state index in [2.05, 4.69) is 5.32 Å². The van der Waals surface area contributed by atoms with E-state index in [0.29, 0.717) is 18.3 Å². The van der Waals surface area contributed by atoms with E-state index in [-0.39, 0.29) is 0 Å². The minimum absolute atomic E-state index is 0.642. The number of rotatable bonds is 4. The number of nitrogens with two attached hydrogens (primary N) is 1. The van der Waals surface area contributed by atoms with Crippen molar-refractivity contribution < 1.29 is 4.74 Å². The Kier molecular flexibility index (Phi) is 2.99. The minimum Gasteiger partial charge on any atom is -0.492 e. The molecule has 0 bridgehead atoms. The fraction of sp³-hybridized carbons (Fsp3) is 0.500. The van der Waals surface area contributed by atoms with Crippen molar-refractivity contribution >= 4 is 11.4 Å². The summed E-state index contributed by atoms with van der Waals surface area (Å²) < 4.78 is 5.45. The molecule has 0 amide bonds. The molecule has 15 heavy (non-hydrogen) atoms. The molecule has 3 nitrogen and oxygen atoms in total. The molecule has 3 heteroatoms. The molecule has 2 rings (SSSR count). The van der Waals surface area contributed by atoms with Gasteiger partial charge in [0, 0.05) is 17.8 Å². The summed E-state index contributed by atoms with van der Waals surface area (Å²) in [5.41, 5.74) is 7.61. The van der Waals surface area contributed by atoms with Crippen molar-refractivity contribution in [3.05, 3.63) is 18.2 Å². The number of nitrogen functional groups attached to an aromatic ring is 1. The Bertz CT molecular complexity index is 334. The number of nitrogens with one attached hydrogen (secondary N) is 1. The van der Waals surface area contributed by atoms with Gasteiger partial charge in [0.1, 0.15) is 5.75 Å². The summed E-state index contributed by atoms with van der Waals surface area (Å²) in [5, 5.41) is 3.47. The fourth-order valence-corrected chi connectivity index (χ4v) is 1.69. The summed E-state index contributed by atoms with van der Waals surface area (Å²) in [5.74, 6) is 0.779. The molecular weight excluding hydrogens is 188 g/mol. The zero-order valence-electron chi connectivity index (χ0n) is 9.12. The lowest BCUT2D eigenvalue weighted by molar-refractivity contribution is 0.342. The molecule has 0 atom stereocenters. The van der Waals surface area contributed by atoms with E-state index in [1.807, 2.05) is 25.1 Å². The second kappa shape index (κ2) is 4.43. The molecule has 1 fully saturated rings. The molecular formula is C12H18N2O. The summed E-state index contributed by atoms with van der Waals surface area (Å²) in [6, 6.07) is 6.53. The van der Waals surface area contributed by atoms with Gasteiger partial charge in [-0.3, -0.25) is 0 Å². The molecule has 0 heterocycles. The maximum Gasteiger partial charge on any atom is 0.144 e. The smallest absolute Gasteiger partial charge is 0.144 e. The molecule has 3 N–H and O–H groups in total. The molecule has 1 aromatic rings. The van der Waals surface area contributed by atoms with Gasteiger partial charge >= 0.3 is 0 Å². The zero-order valence-corrected chi connectivity index (χ0v) is 9.12. The van der Waals surface area contributed by atoms with Gasteiger partial charge < -0.3 is 15.8 Å². The van der Waals surface area contributed by atoms with Gasteiger partial charge in [0.25, 0.3) is 0 Å². The van der Waals surface area contributed by atoms with Crippen molar-refractivity contribution in [1.82, 2.24) is 0 Å². The molecule has 1 aliphatic rings. The van der Waals surface area contributed by atoms with Crippen molar-refractivity contribution in [3.63, 3.8) is 0 Å². The van der Waals surface area contributed by atoms with Crippen molar-refractivity contribution in [2.24, 2.45) is 0 Å². The maximum absolute atomic E-state index is 5.80. The molecule has 1 saturated carbocycles. The standard InChI is InChI=1S/C12H18N2O/c1-2-15-12-8-10(6-7-11(12)13)14-9-4-3-5-9/h6-9,14H,2-5,13H2,1H3. The van der Waals surface area contributed by atoms with Gasteiger partial charge in [0.05, 0.1) is 12.3 Å². The lowest BCUT2D eigenvalue weighted by atomic mass is 9.93. The Balaban J connectivity index is 2.06. The molecule has 0 aromatic heterocycles. The maximum atomic E-state index is 5.80. The van der Waals surface area contributed by atoms with Gasteiger partial charge in [0.15, 0.2) is 0 Å². The number of anilines is 2. The van der Waals surface area contributed by atoms with Crippen LogP contribution in [0.2, 0.25) is 0 Å². The van der Waals surface area contributed by atoms with Gasteiger partial charge in [-0.25, -0.2) is 0 Å². The Morgan fingerprint density at radius 1 is 1.47 bits per heavy atom. The first kappa shape index (κ1) is 10.1. The summed E-state index contributed by atoms with van der Waals surface area (Å²) in [6.07, 6.45) is 3.88. The second-order valence-electron chi connectivity index (χ2n) is 3.96. The average molecular weight is 206 g/mol. The highest BCUT2D eigenvalue weighted by molar-refractivity contribution is 5.61. The average Bonchev–Trinajstić information content (AvgIpc) is 2.17. The Hall–Kier alpha value is -1.38. The molecule has 0 aliphatic heterocycles. The number of ether oxygens (including phenoxy) is 1. The first-order valence-electron chi connectivity index (χ1n) is 5.58. The molecule has 1 aromatic carbocycles. The minimum atomic E-state index is 0.642. The van der Waals surface area contributed by atoms with Crippen LogP contribution >= 0.6 is 0 Å². The van der Waals surface area contributed by atoms with Crippen LogP contribution < -0.4 is 15.8 Å². The Labute approximate surface area is 90.6 Å². The molecule has 0 saturated heterocycles. The number of benzene rings is 1. The first-order chi connectivity index (χ1) is 7.29. The highest BCUT2D eigenvalue weighted by Crippen LogP contribution is 2.28. The van der Waals surface area contributed by atoms with Crippen LogP contribution in [-0.4, -0.2) is 12.6 Å².